The molecular weight excluding hydrogens is 462 g/mol. The molecule has 7 nitrogen and oxygen atoms in total. The number of fused-ring (bicyclic) bond motifs is 1. The van der Waals surface area contributed by atoms with E-state index in [1.54, 1.807) is 37.3 Å². The standard InChI is InChI=1S/C27H29N3O4S/c1-3-30(21-11-5-4-6-12-21)35(32,33)22-16-17-26(34-2)25(18-22)29-27(31)15-9-10-20-19-28-24-14-8-7-13-23(20)24/h4-8,11-14,16-19,28H,3,9-10,15H2,1-2H3,(H,29,31). The van der Waals surface area contributed by atoms with Gasteiger partial charge in [0, 0.05) is 30.1 Å². The number of benzene rings is 3. The summed E-state index contributed by atoms with van der Waals surface area (Å²) in [6, 6.07) is 21.5. The number of sulfonamides is 1. The Morgan fingerprint density at radius 1 is 1.03 bits per heavy atom. The van der Waals surface area contributed by atoms with E-state index in [4.69, 9.17) is 4.74 Å². The van der Waals surface area contributed by atoms with Crippen molar-refractivity contribution in [3.63, 3.8) is 0 Å². The van der Waals surface area contributed by atoms with Crippen LogP contribution < -0.4 is 14.4 Å². The number of H-pyrrole nitrogens is 1. The van der Waals surface area contributed by atoms with Crippen molar-refractivity contribution in [1.82, 2.24) is 4.98 Å². The molecule has 0 unspecified atom stereocenters. The Balaban J connectivity index is 1.47. The molecule has 0 saturated heterocycles. The zero-order valence-corrected chi connectivity index (χ0v) is 20.6. The highest BCUT2D eigenvalue weighted by Gasteiger charge is 2.25. The molecule has 0 spiro atoms. The highest BCUT2D eigenvalue weighted by molar-refractivity contribution is 7.92. The van der Waals surface area contributed by atoms with Crippen molar-refractivity contribution < 1.29 is 17.9 Å². The number of nitrogens with one attached hydrogen (secondary N) is 2. The van der Waals surface area contributed by atoms with Crippen LogP contribution in [0.5, 0.6) is 5.75 Å². The minimum Gasteiger partial charge on any atom is -0.495 e. The van der Waals surface area contributed by atoms with Crippen LogP contribution in [0.2, 0.25) is 0 Å². The van der Waals surface area contributed by atoms with Crippen molar-refractivity contribution in [3.05, 3.63) is 84.6 Å². The van der Waals surface area contributed by atoms with Gasteiger partial charge in [0.05, 0.1) is 23.4 Å². The first-order chi connectivity index (χ1) is 16.9. The van der Waals surface area contributed by atoms with Gasteiger partial charge < -0.3 is 15.0 Å². The van der Waals surface area contributed by atoms with Crippen LogP contribution in [0, 0.1) is 0 Å². The molecule has 0 aliphatic carbocycles. The lowest BCUT2D eigenvalue weighted by atomic mass is 10.1. The molecule has 8 heteroatoms. The number of carbonyl (C=O) groups excluding carboxylic acids is 1. The van der Waals surface area contributed by atoms with Crippen LogP contribution in [-0.2, 0) is 21.2 Å². The Kier molecular flexibility index (Phi) is 7.41. The molecule has 182 valence electrons. The maximum Gasteiger partial charge on any atom is 0.264 e. The van der Waals surface area contributed by atoms with Crippen molar-refractivity contribution in [3.8, 4) is 5.75 Å². The first-order valence-electron chi connectivity index (χ1n) is 11.5. The van der Waals surface area contributed by atoms with E-state index in [-0.39, 0.29) is 17.3 Å². The molecule has 0 aliphatic heterocycles. The molecule has 4 aromatic rings. The summed E-state index contributed by atoms with van der Waals surface area (Å²) in [6.45, 7) is 2.05. The van der Waals surface area contributed by atoms with Gasteiger partial charge in [-0.25, -0.2) is 8.42 Å². The van der Waals surface area contributed by atoms with E-state index in [9.17, 15) is 13.2 Å². The number of rotatable bonds is 10. The van der Waals surface area contributed by atoms with Gasteiger partial charge in [-0.05, 0) is 61.7 Å². The van der Waals surface area contributed by atoms with Crippen LogP contribution >= 0.6 is 0 Å². The molecule has 0 fully saturated rings. The summed E-state index contributed by atoms with van der Waals surface area (Å²) in [5.74, 6) is 0.199. The topological polar surface area (TPSA) is 91.5 Å². The Morgan fingerprint density at radius 3 is 2.51 bits per heavy atom. The Hall–Kier alpha value is -3.78. The van der Waals surface area contributed by atoms with Crippen molar-refractivity contribution in [2.45, 2.75) is 31.1 Å². The smallest absolute Gasteiger partial charge is 0.264 e. The van der Waals surface area contributed by atoms with E-state index in [1.807, 2.05) is 30.5 Å². The number of hydrogen-bond donors (Lipinski definition) is 2. The normalized spacial score (nSPS) is 11.4. The molecule has 0 radical (unpaired) electrons. The predicted octanol–water partition coefficient (Wildman–Crippen LogP) is 5.35. The Labute approximate surface area is 205 Å². The SMILES string of the molecule is CCN(c1ccccc1)S(=O)(=O)c1ccc(OC)c(NC(=O)CCCc2c[nH]c3ccccc23)c1. The maximum absolute atomic E-state index is 13.4. The second kappa shape index (κ2) is 10.7. The largest absolute Gasteiger partial charge is 0.495 e. The number of aromatic nitrogens is 1. The van der Waals surface area contributed by atoms with Crippen LogP contribution in [0.4, 0.5) is 11.4 Å². The van der Waals surface area contributed by atoms with Crippen molar-refractivity contribution in [2.24, 2.45) is 0 Å². The fourth-order valence-electron chi connectivity index (χ4n) is 4.15. The number of amides is 1. The highest BCUT2D eigenvalue weighted by Crippen LogP contribution is 2.31. The first-order valence-corrected chi connectivity index (χ1v) is 13.0. The van der Waals surface area contributed by atoms with E-state index in [0.717, 1.165) is 17.3 Å². The van der Waals surface area contributed by atoms with Crippen LogP contribution in [0.1, 0.15) is 25.3 Å². The van der Waals surface area contributed by atoms with Gasteiger partial charge in [-0.2, -0.15) is 0 Å². The molecule has 1 aromatic heterocycles. The van der Waals surface area contributed by atoms with Crippen molar-refractivity contribution in [2.75, 3.05) is 23.3 Å². The molecule has 3 aromatic carbocycles. The zero-order valence-electron chi connectivity index (χ0n) is 19.8. The van der Waals surface area contributed by atoms with Crippen molar-refractivity contribution in [1.29, 1.82) is 0 Å². The van der Waals surface area contributed by atoms with Gasteiger partial charge in [0.15, 0.2) is 0 Å². The van der Waals surface area contributed by atoms with E-state index in [1.165, 1.54) is 29.1 Å². The lowest BCUT2D eigenvalue weighted by Crippen LogP contribution is -2.30. The number of hydrogen-bond acceptors (Lipinski definition) is 4. The highest BCUT2D eigenvalue weighted by atomic mass is 32.2. The number of methoxy groups -OCH3 is 1. The van der Waals surface area contributed by atoms with Gasteiger partial charge in [0.25, 0.3) is 10.0 Å². The predicted molar refractivity (Wildman–Crippen MR) is 140 cm³/mol. The van der Waals surface area contributed by atoms with E-state index < -0.39 is 10.0 Å². The van der Waals surface area contributed by atoms with E-state index >= 15 is 0 Å². The van der Waals surface area contributed by atoms with Gasteiger partial charge in [-0.15, -0.1) is 0 Å². The molecule has 35 heavy (non-hydrogen) atoms. The number of para-hydroxylation sites is 2. The molecular formula is C27H29N3O4S. The van der Waals surface area contributed by atoms with E-state index in [2.05, 4.69) is 16.4 Å². The summed E-state index contributed by atoms with van der Waals surface area (Å²) >= 11 is 0. The molecule has 1 heterocycles. The third-order valence-electron chi connectivity index (χ3n) is 5.89. The number of aromatic amines is 1. The van der Waals surface area contributed by atoms with Gasteiger partial charge in [0.1, 0.15) is 5.75 Å². The number of ether oxygens (including phenoxy) is 1. The first kappa shape index (κ1) is 24.3. The van der Waals surface area contributed by atoms with E-state index in [0.29, 0.717) is 30.0 Å². The summed E-state index contributed by atoms with van der Waals surface area (Å²) in [5, 5.41) is 3.99. The number of carbonyl (C=O) groups is 1. The average molecular weight is 492 g/mol. The van der Waals surface area contributed by atoms with Gasteiger partial charge in [-0.3, -0.25) is 9.10 Å². The Bertz CT molecular complexity index is 1410. The summed E-state index contributed by atoms with van der Waals surface area (Å²) < 4.78 is 33.5. The fraction of sp³-hybridized carbons (Fsp3) is 0.222. The number of aryl methyl sites for hydroxylation is 1. The second-order valence-electron chi connectivity index (χ2n) is 8.13. The molecule has 2 N–H and O–H groups in total. The summed E-state index contributed by atoms with van der Waals surface area (Å²) in [7, 11) is -2.35. The van der Waals surface area contributed by atoms with Crippen LogP contribution in [0.25, 0.3) is 10.9 Å². The minimum absolute atomic E-state index is 0.0816. The average Bonchev–Trinajstić information content (AvgIpc) is 3.28. The monoisotopic (exact) mass is 491 g/mol. The van der Waals surface area contributed by atoms with Gasteiger partial charge in [0.2, 0.25) is 5.91 Å². The second-order valence-corrected chi connectivity index (χ2v) is 9.99. The number of nitrogens with zero attached hydrogens (tertiary/aromatic N) is 1. The molecule has 0 aliphatic rings. The molecule has 4 rings (SSSR count). The van der Waals surface area contributed by atoms with Crippen molar-refractivity contribution >= 4 is 38.2 Å². The Morgan fingerprint density at radius 2 is 1.77 bits per heavy atom. The quantitative estimate of drug-likeness (QED) is 0.313. The van der Waals surface area contributed by atoms with Crippen LogP contribution in [0.3, 0.4) is 0 Å². The lowest BCUT2D eigenvalue weighted by Gasteiger charge is -2.23. The van der Waals surface area contributed by atoms with Gasteiger partial charge >= 0.3 is 0 Å². The number of anilines is 2. The fourth-order valence-corrected chi connectivity index (χ4v) is 5.65. The summed E-state index contributed by atoms with van der Waals surface area (Å²) in [5.41, 5.74) is 3.15. The lowest BCUT2D eigenvalue weighted by molar-refractivity contribution is -0.116. The third kappa shape index (κ3) is 5.33. The minimum atomic E-state index is -3.83. The molecule has 0 saturated carbocycles. The van der Waals surface area contributed by atoms with Gasteiger partial charge in [-0.1, -0.05) is 36.4 Å². The third-order valence-corrected chi connectivity index (χ3v) is 7.79. The zero-order chi connectivity index (χ0) is 24.8. The maximum atomic E-state index is 13.4. The van der Waals surface area contributed by atoms with Crippen LogP contribution in [-0.4, -0.2) is 33.0 Å². The summed E-state index contributed by atoms with van der Waals surface area (Å²) in [6.07, 6.45) is 3.69. The summed E-state index contributed by atoms with van der Waals surface area (Å²) in [4.78, 5) is 16.0. The molecule has 0 atom stereocenters. The molecule has 0 bridgehead atoms. The van der Waals surface area contributed by atoms with Crippen LogP contribution in [0.15, 0.2) is 83.9 Å². The molecule has 1 amide bonds.